The Morgan fingerprint density at radius 3 is 2.48 bits per heavy atom. The molecule has 206 valence electrons. The summed E-state index contributed by atoms with van der Waals surface area (Å²) < 4.78 is 41.5. The molecule has 0 saturated carbocycles. The van der Waals surface area contributed by atoms with Crippen molar-refractivity contribution >= 4 is 33.1 Å². The number of fused-ring (bicyclic) bond motifs is 1. The van der Waals surface area contributed by atoms with Gasteiger partial charge in [0.15, 0.2) is 0 Å². The Morgan fingerprint density at radius 1 is 1.02 bits per heavy atom. The largest absolute Gasteiger partial charge is 0.489 e. The van der Waals surface area contributed by atoms with E-state index >= 15 is 0 Å². The Kier molecular flexibility index (Phi) is 8.52. The molecule has 3 aromatic carbocycles. The van der Waals surface area contributed by atoms with Gasteiger partial charge in [-0.05, 0) is 59.7 Å². The number of hydrogen-bond donors (Lipinski definition) is 1. The average Bonchev–Trinajstić information content (AvgIpc) is 2.96. The summed E-state index contributed by atoms with van der Waals surface area (Å²) in [5, 5.41) is 3.17. The first-order chi connectivity index (χ1) is 19.3. The monoisotopic (exact) mass is 558 g/mol. The van der Waals surface area contributed by atoms with E-state index in [1.807, 2.05) is 60.9 Å². The minimum absolute atomic E-state index is 0.0698. The highest BCUT2D eigenvalue weighted by molar-refractivity contribution is 7.90. The van der Waals surface area contributed by atoms with Crippen molar-refractivity contribution in [2.24, 2.45) is 15.9 Å². The normalized spacial score (nSPS) is 17.6. The molecule has 0 spiro atoms. The van der Waals surface area contributed by atoms with E-state index in [1.54, 1.807) is 12.1 Å². The molecule has 2 heterocycles. The lowest BCUT2D eigenvalue weighted by atomic mass is 9.92. The van der Waals surface area contributed by atoms with Crippen LogP contribution in [0.1, 0.15) is 11.1 Å². The van der Waals surface area contributed by atoms with Gasteiger partial charge in [0.05, 0.1) is 23.7 Å². The van der Waals surface area contributed by atoms with Crippen molar-refractivity contribution in [1.29, 1.82) is 0 Å². The van der Waals surface area contributed by atoms with Crippen LogP contribution in [0, 0.1) is 11.7 Å². The van der Waals surface area contributed by atoms with Gasteiger partial charge in [0.2, 0.25) is 0 Å². The molecule has 1 N–H and O–H groups in total. The molecule has 1 atom stereocenters. The van der Waals surface area contributed by atoms with Gasteiger partial charge in [-0.1, -0.05) is 30.3 Å². The topological polar surface area (TPSA) is 83.4 Å². The fraction of sp³-hybridized carbons (Fsp3) is 0.226. The molecule has 0 amide bonds. The molecule has 40 heavy (non-hydrogen) atoms. The molecule has 7 nitrogen and oxygen atoms in total. The molecule has 2 aliphatic heterocycles. The predicted molar refractivity (Wildman–Crippen MR) is 159 cm³/mol. The first kappa shape index (κ1) is 27.5. The summed E-state index contributed by atoms with van der Waals surface area (Å²) in [6.07, 6.45) is 9.45. The van der Waals surface area contributed by atoms with Crippen molar-refractivity contribution in [3.63, 3.8) is 0 Å². The zero-order chi connectivity index (χ0) is 28.0. The van der Waals surface area contributed by atoms with Crippen LogP contribution in [0.5, 0.6) is 5.75 Å². The van der Waals surface area contributed by atoms with Gasteiger partial charge < -0.3 is 15.0 Å². The highest BCUT2D eigenvalue weighted by Gasteiger charge is 2.23. The third-order valence-electron chi connectivity index (χ3n) is 6.56. The third kappa shape index (κ3) is 7.52. The first-order valence-electron chi connectivity index (χ1n) is 13.0. The molecule has 0 fully saturated rings. The maximum atomic E-state index is 13.1. The van der Waals surface area contributed by atoms with Gasteiger partial charge in [-0.25, -0.2) is 12.8 Å². The number of anilines is 1. The summed E-state index contributed by atoms with van der Waals surface area (Å²) in [5.41, 5.74) is 5.82. The number of hydrogen-bond acceptors (Lipinski definition) is 7. The number of nitrogens with zero attached hydrogens (tertiary/aromatic N) is 3. The zero-order valence-electron chi connectivity index (χ0n) is 22.2. The highest BCUT2D eigenvalue weighted by atomic mass is 32.2. The SMILES string of the molecule is CS(=O)(=O)CCNCc1ccc(N2C=CC3C=NCC(=Nc4ccc(OCc5ccc(F)cc5)cc4)C3=C2)cc1. The van der Waals surface area contributed by atoms with Gasteiger partial charge in [-0.2, -0.15) is 0 Å². The van der Waals surface area contributed by atoms with E-state index in [4.69, 9.17) is 9.73 Å². The Balaban J connectivity index is 1.23. The molecule has 3 aromatic rings. The van der Waals surface area contributed by atoms with Crippen molar-refractivity contribution in [2.75, 3.05) is 30.0 Å². The van der Waals surface area contributed by atoms with Crippen molar-refractivity contribution in [1.82, 2.24) is 5.32 Å². The van der Waals surface area contributed by atoms with Gasteiger partial charge in [0, 0.05) is 55.1 Å². The first-order valence-corrected chi connectivity index (χ1v) is 15.1. The van der Waals surface area contributed by atoms with E-state index in [9.17, 15) is 12.8 Å². The van der Waals surface area contributed by atoms with E-state index in [-0.39, 0.29) is 17.5 Å². The zero-order valence-corrected chi connectivity index (χ0v) is 23.0. The van der Waals surface area contributed by atoms with Crippen LogP contribution in [0.15, 0.2) is 107 Å². The number of rotatable bonds is 10. The smallest absolute Gasteiger partial charge is 0.148 e. The van der Waals surface area contributed by atoms with Gasteiger partial charge in [-0.15, -0.1) is 0 Å². The molecule has 0 aromatic heterocycles. The molecule has 0 saturated heterocycles. The Bertz CT molecular complexity index is 1550. The maximum absolute atomic E-state index is 13.1. The Morgan fingerprint density at radius 2 is 1.75 bits per heavy atom. The van der Waals surface area contributed by atoms with E-state index in [0.29, 0.717) is 32.0 Å². The van der Waals surface area contributed by atoms with Gasteiger partial charge >= 0.3 is 0 Å². The van der Waals surface area contributed by atoms with Crippen LogP contribution in [0.25, 0.3) is 0 Å². The van der Waals surface area contributed by atoms with Gasteiger partial charge in [-0.3, -0.25) is 9.98 Å². The fourth-order valence-electron chi connectivity index (χ4n) is 4.37. The van der Waals surface area contributed by atoms with E-state index in [0.717, 1.165) is 33.8 Å². The van der Waals surface area contributed by atoms with Crippen molar-refractivity contribution in [2.45, 2.75) is 13.2 Å². The van der Waals surface area contributed by atoms with Crippen LogP contribution in [0.2, 0.25) is 0 Å². The second-order valence-corrected chi connectivity index (χ2v) is 12.0. The lowest BCUT2D eigenvalue weighted by molar-refractivity contribution is 0.306. The van der Waals surface area contributed by atoms with Crippen LogP contribution in [0.4, 0.5) is 15.8 Å². The second-order valence-electron chi connectivity index (χ2n) is 9.79. The van der Waals surface area contributed by atoms with Crippen LogP contribution in [0.3, 0.4) is 0 Å². The number of aliphatic imine (C=N–C) groups is 2. The van der Waals surface area contributed by atoms with Gasteiger partial charge in [0.25, 0.3) is 0 Å². The van der Waals surface area contributed by atoms with Crippen molar-refractivity contribution in [3.8, 4) is 5.75 Å². The standard InChI is InChI=1S/C31H31FN4O3S/c1-40(37,38)17-15-33-18-23-4-10-28(11-5-23)36-16-14-25-19-34-20-31(30(25)21-36)35-27-8-12-29(13-9-27)39-22-24-2-6-26(32)7-3-24/h2-14,16,19,21,25,33H,15,17-18,20,22H2,1H3. The summed E-state index contributed by atoms with van der Waals surface area (Å²) in [7, 11) is -2.97. The van der Waals surface area contributed by atoms with Crippen molar-refractivity contribution < 1.29 is 17.5 Å². The number of allylic oxidation sites excluding steroid dienone is 1. The molecule has 0 radical (unpaired) electrons. The number of ether oxygens (including phenoxy) is 1. The van der Waals surface area contributed by atoms with Crippen LogP contribution in [-0.4, -0.2) is 45.4 Å². The minimum atomic E-state index is -2.97. The number of halogens is 1. The van der Waals surface area contributed by atoms with E-state index in [2.05, 4.69) is 27.5 Å². The quantitative estimate of drug-likeness (QED) is 0.345. The Hall–Kier alpha value is -4.08. The summed E-state index contributed by atoms with van der Waals surface area (Å²) in [6, 6.07) is 22.0. The number of nitrogens with one attached hydrogen (secondary N) is 1. The molecule has 0 aliphatic carbocycles. The van der Waals surface area contributed by atoms with Crippen LogP contribution in [-0.2, 0) is 23.0 Å². The summed E-state index contributed by atoms with van der Waals surface area (Å²) in [5.74, 6) is 0.647. The molecule has 1 unspecified atom stereocenters. The number of sulfone groups is 1. The van der Waals surface area contributed by atoms with Crippen LogP contribution >= 0.6 is 0 Å². The lowest BCUT2D eigenvalue weighted by Gasteiger charge is -2.28. The van der Waals surface area contributed by atoms with E-state index < -0.39 is 9.84 Å². The molecular weight excluding hydrogens is 527 g/mol. The van der Waals surface area contributed by atoms with Crippen LogP contribution < -0.4 is 15.0 Å². The number of benzene rings is 3. The Labute approximate surface area is 234 Å². The molecule has 9 heteroatoms. The summed E-state index contributed by atoms with van der Waals surface area (Å²) >= 11 is 0. The molecule has 0 bridgehead atoms. The minimum Gasteiger partial charge on any atom is -0.489 e. The third-order valence-corrected chi connectivity index (χ3v) is 7.51. The van der Waals surface area contributed by atoms with E-state index in [1.165, 1.54) is 18.4 Å². The fourth-order valence-corrected chi connectivity index (χ4v) is 4.88. The highest BCUT2D eigenvalue weighted by Crippen LogP contribution is 2.29. The molecular formula is C31H31FN4O3S. The predicted octanol–water partition coefficient (Wildman–Crippen LogP) is 5.23. The maximum Gasteiger partial charge on any atom is 0.148 e. The van der Waals surface area contributed by atoms with Gasteiger partial charge in [0.1, 0.15) is 28.0 Å². The summed E-state index contributed by atoms with van der Waals surface area (Å²) in [4.78, 5) is 11.5. The average molecular weight is 559 g/mol. The lowest BCUT2D eigenvalue weighted by Crippen LogP contribution is -2.27. The summed E-state index contributed by atoms with van der Waals surface area (Å²) in [6.45, 7) is 1.90. The molecule has 5 rings (SSSR count). The molecule has 2 aliphatic rings. The second kappa shape index (κ2) is 12.4. The van der Waals surface area contributed by atoms with Crippen molar-refractivity contribution in [3.05, 3.63) is 114 Å².